The Labute approximate surface area is 123 Å². The van der Waals surface area contributed by atoms with Gasteiger partial charge in [-0.1, -0.05) is 22.6 Å². The third-order valence-corrected chi connectivity index (χ3v) is 6.62. The molecule has 0 atom stereocenters. The van der Waals surface area contributed by atoms with Gasteiger partial charge in [0.05, 0.1) is 19.6 Å². The molecule has 0 amide bonds. The molecule has 0 N–H and O–H groups in total. The summed E-state index contributed by atoms with van der Waals surface area (Å²) in [6.45, 7) is 8.55. The van der Waals surface area contributed by atoms with Crippen molar-refractivity contribution >= 4 is 22.6 Å². The molecule has 86 valence electrons. The fourth-order valence-electron chi connectivity index (χ4n) is 4.50. The van der Waals surface area contributed by atoms with Gasteiger partial charge in [0.1, 0.15) is 5.54 Å². The zero-order chi connectivity index (χ0) is 9.44. The van der Waals surface area contributed by atoms with Crippen LogP contribution in [0.3, 0.4) is 0 Å². The molecule has 3 saturated carbocycles. The Bertz CT molecular complexity index is 263. The van der Waals surface area contributed by atoms with Crippen LogP contribution in [-0.2, 0) is 0 Å². The molecule has 0 aromatic carbocycles. The van der Waals surface area contributed by atoms with Crippen LogP contribution in [-0.4, -0.2) is 57.6 Å². The second-order valence-electron chi connectivity index (χ2n) is 6.06. The van der Waals surface area contributed by atoms with Crippen molar-refractivity contribution in [2.24, 2.45) is 0 Å². The second kappa shape index (κ2) is 3.23. The molecule has 6 rings (SSSR count). The van der Waals surface area contributed by atoms with Crippen LogP contribution in [0.15, 0.2) is 0 Å². The molecule has 0 aromatic rings. The van der Waals surface area contributed by atoms with Gasteiger partial charge in [0.2, 0.25) is 0 Å². The summed E-state index contributed by atoms with van der Waals surface area (Å²) in [7, 11) is 0. The summed E-state index contributed by atoms with van der Waals surface area (Å²) in [4.78, 5) is 2.66. The summed E-state index contributed by atoms with van der Waals surface area (Å²) in [5.41, 5.74) is 0.785. The van der Waals surface area contributed by atoms with E-state index in [4.69, 9.17) is 0 Å². The van der Waals surface area contributed by atoms with Crippen LogP contribution in [0.1, 0.15) is 19.3 Å². The minimum absolute atomic E-state index is 0. The first-order chi connectivity index (χ1) is 6.66. The molecule has 0 unspecified atom stereocenters. The first-order valence-electron chi connectivity index (χ1n) is 5.93. The molecule has 4 heteroatoms. The molecule has 3 heterocycles. The van der Waals surface area contributed by atoms with E-state index in [1.165, 1.54) is 43.8 Å². The smallest absolute Gasteiger partial charge is 0.103 e. The summed E-state index contributed by atoms with van der Waals surface area (Å²) in [5, 5.41) is 0. The van der Waals surface area contributed by atoms with Crippen molar-refractivity contribution in [1.29, 1.82) is 0 Å². The minimum atomic E-state index is 0. The number of halogens is 2. The van der Waals surface area contributed by atoms with Gasteiger partial charge < -0.3 is 28.5 Å². The second-order valence-corrected chi connectivity index (χ2v) is 8.35. The fourth-order valence-corrected chi connectivity index (χ4v) is 6.63. The van der Waals surface area contributed by atoms with Crippen molar-refractivity contribution in [3.63, 3.8) is 0 Å². The number of hydrogen-bond acceptors (Lipinski definition) is 1. The van der Waals surface area contributed by atoms with E-state index in [1.54, 1.807) is 19.3 Å². The molecule has 3 aliphatic heterocycles. The van der Waals surface area contributed by atoms with Crippen LogP contribution in [0.25, 0.3) is 0 Å². The van der Waals surface area contributed by atoms with Crippen molar-refractivity contribution in [3.8, 4) is 0 Å². The molecule has 6 aliphatic rings. The highest BCUT2D eigenvalue weighted by Crippen LogP contribution is 2.71. The standard InChI is InChI=1S/C11H18IN2.HI/c12-10-7-11(8-10,9-10)14-4-1-13(2-5-14)3-6-14;/h1-9H2;1H/q+1;/p-1. The van der Waals surface area contributed by atoms with E-state index >= 15 is 0 Å². The third-order valence-electron chi connectivity index (χ3n) is 5.48. The maximum atomic E-state index is 2.71. The highest BCUT2D eigenvalue weighted by Gasteiger charge is 2.76. The molecular weight excluding hydrogens is 414 g/mol. The third kappa shape index (κ3) is 1.28. The number of alkyl halides is 1. The Morgan fingerprint density at radius 2 is 1.40 bits per heavy atom. The normalized spacial score (nSPS) is 60.2. The largest absolute Gasteiger partial charge is 1.00 e. The molecule has 4 bridgehead atoms. The number of rotatable bonds is 1. The zero-order valence-electron chi connectivity index (χ0n) is 9.01. The maximum Gasteiger partial charge on any atom is 0.103 e. The lowest BCUT2D eigenvalue weighted by atomic mass is 9.47. The zero-order valence-corrected chi connectivity index (χ0v) is 13.3. The SMILES string of the molecule is IC12CC([N+]34CCN(CC3)CC4)(C1)C2.[I-]. The Kier molecular flexibility index (Phi) is 2.47. The lowest BCUT2D eigenvalue weighted by Crippen LogP contribution is -3.00. The van der Waals surface area contributed by atoms with E-state index in [1.807, 2.05) is 0 Å². The molecule has 0 radical (unpaired) electrons. The van der Waals surface area contributed by atoms with E-state index in [0.29, 0.717) is 0 Å². The number of hydrogen-bond donors (Lipinski definition) is 0. The monoisotopic (exact) mass is 432 g/mol. The van der Waals surface area contributed by atoms with Crippen molar-refractivity contribution < 1.29 is 28.5 Å². The van der Waals surface area contributed by atoms with Gasteiger partial charge in [-0.05, 0) is 0 Å². The van der Waals surface area contributed by atoms with Gasteiger partial charge >= 0.3 is 0 Å². The van der Waals surface area contributed by atoms with Gasteiger partial charge in [0.25, 0.3) is 0 Å². The Balaban J connectivity index is 0.000000722. The van der Waals surface area contributed by atoms with Gasteiger partial charge in [-0.2, -0.15) is 0 Å². The Morgan fingerprint density at radius 3 is 1.80 bits per heavy atom. The molecule has 6 fully saturated rings. The van der Waals surface area contributed by atoms with Crippen LogP contribution in [0.5, 0.6) is 0 Å². The predicted octanol–water partition coefficient (Wildman–Crippen LogP) is -1.75. The summed E-state index contributed by atoms with van der Waals surface area (Å²) < 4.78 is 2.29. The van der Waals surface area contributed by atoms with Crippen LogP contribution in [0, 0.1) is 0 Å². The Morgan fingerprint density at radius 1 is 0.933 bits per heavy atom. The van der Waals surface area contributed by atoms with E-state index in [-0.39, 0.29) is 24.0 Å². The fraction of sp³-hybridized carbons (Fsp3) is 1.00. The average Bonchev–Trinajstić information content (AvgIpc) is 2.14. The minimum Gasteiger partial charge on any atom is -1.00 e. The number of fused-ring (bicyclic) bond motifs is 3. The van der Waals surface area contributed by atoms with Gasteiger partial charge in [-0.3, -0.25) is 4.90 Å². The molecule has 15 heavy (non-hydrogen) atoms. The molecule has 2 nitrogen and oxygen atoms in total. The van der Waals surface area contributed by atoms with Crippen molar-refractivity contribution in [3.05, 3.63) is 0 Å². The quantitative estimate of drug-likeness (QED) is 0.270. The first kappa shape index (κ1) is 11.5. The number of piperazine rings is 3. The van der Waals surface area contributed by atoms with Crippen molar-refractivity contribution in [2.75, 3.05) is 39.3 Å². The highest BCUT2D eigenvalue weighted by molar-refractivity contribution is 14.1. The topological polar surface area (TPSA) is 3.24 Å². The van der Waals surface area contributed by atoms with Crippen LogP contribution < -0.4 is 24.0 Å². The first-order valence-corrected chi connectivity index (χ1v) is 7.01. The summed E-state index contributed by atoms with van der Waals surface area (Å²) in [6, 6.07) is 0. The predicted molar refractivity (Wildman–Crippen MR) is 64.6 cm³/mol. The van der Waals surface area contributed by atoms with Gasteiger partial charge in [-0.25, -0.2) is 0 Å². The summed E-state index contributed by atoms with van der Waals surface area (Å²) in [5.74, 6) is 0. The van der Waals surface area contributed by atoms with Crippen molar-refractivity contribution in [2.45, 2.75) is 28.2 Å². The van der Waals surface area contributed by atoms with Gasteiger partial charge in [-0.15, -0.1) is 0 Å². The van der Waals surface area contributed by atoms with E-state index in [2.05, 4.69) is 27.5 Å². The van der Waals surface area contributed by atoms with Crippen molar-refractivity contribution in [1.82, 2.24) is 4.90 Å². The van der Waals surface area contributed by atoms with Gasteiger partial charge in [0, 0.05) is 42.3 Å². The van der Waals surface area contributed by atoms with Crippen LogP contribution in [0.4, 0.5) is 0 Å². The summed E-state index contributed by atoms with van der Waals surface area (Å²) in [6.07, 6.45) is 4.63. The van der Waals surface area contributed by atoms with E-state index in [9.17, 15) is 0 Å². The average molecular weight is 432 g/mol. The number of nitrogens with zero attached hydrogens (tertiary/aromatic N) is 2. The summed E-state index contributed by atoms with van der Waals surface area (Å²) >= 11 is 2.71. The molecular formula is C11H18I2N2. The highest BCUT2D eigenvalue weighted by atomic mass is 127. The van der Waals surface area contributed by atoms with Crippen LogP contribution >= 0.6 is 22.6 Å². The molecule has 0 aromatic heterocycles. The van der Waals surface area contributed by atoms with Gasteiger partial charge in [0.15, 0.2) is 0 Å². The molecule has 3 aliphatic carbocycles. The maximum absolute atomic E-state index is 2.71. The Hall–Kier alpha value is 1.38. The van der Waals surface area contributed by atoms with E-state index < -0.39 is 0 Å². The molecule has 3 saturated heterocycles. The lowest BCUT2D eigenvalue weighted by molar-refractivity contribution is -1.00. The number of quaternary nitrogens is 1. The molecule has 0 spiro atoms. The lowest BCUT2D eigenvalue weighted by Gasteiger charge is -2.76. The van der Waals surface area contributed by atoms with E-state index in [0.717, 1.165) is 8.96 Å². The van der Waals surface area contributed by atoms with Crippen LogP contribution in [0.2, 0.25) is 0 Å².